The van der Waals surface area contributed by atoms with Crippen LogP contribution in [0, 0.1) is 5.92 Å². The molecule has 1 unspecified atom stereocenters. The van der Waals surface area contributed by atoms with Crippen LogP contribution in [0.5, 0.6) is 5.75 Å². The summed E-state index contributed by atoms with van der Waals surface area (Å²) < 4.78 is 5.35. The molecule has 1 heterocycles. The first-order valence-corrected chi connectivity index (χ1v) is 9.20. The van der Waals surface area contributed by atoms with Crippen molar-refractivity contribution in [1.29, 1.82) is 0 Å². The van der Waals surface area contributed by atoms with Crippen LogP contribution in [0.3, 0.4) is 0 Å². The summed E-state index contributed by atoms with van der Waals surface area (Å²) in [5.74, 6) is 0.673. The van der Waals surface area contributed by atoms with Crippen molar-refractivity contribution in [1.82, 2.24) is 5.32 Å². The number of anilines is 2. The number of methoxy groups -OCH3 is 1. The highest BCUT2D eigenvalue weighted by Crippen LogP contribution is 2.30. The Balaban J connectivity index is 1.68. The van der Waals surface area contributed by atoms with E-state index in [-0.39, 0.29) is 23.8 Å². The lowest BCUT2D eigenvalue weighted by Crippen LogP contribution is -2.35. The highest BCUT2D eigenvalue weighted by Gasteiger charge is 2.24. The van der Waals surface area contributed by atoms with Crippen LogP contribution < -0.4 is 20.7 Å². The number of carbonyl (C=O) groups is 2. The first kappa shape index (κ1) is 17.7. The molecular weight excluding hydrogens is 318 g/mol. The smallest absolute Gasteiger partial charge is 0.241 e. The van der Waals surface area contributed by atoms with Crippen LogP contribution in [-0.2, 0) is 9.59 Å². The molecule has 1 saturated heterocycles. The van der Waals surface area contributed by atoms with Gasteiger partial charge in [0.1, 0.15) is 5.75 Å². The van der Waals surface area contributed by atoms with E-state index < -0.39 is 0 Å². The minimum atomic E-state index is -0.137. The Morgan fingerprint density at radius 1 is 1.04 bits per heavy atom. The van der Waals surface area contributed by atoms with E-state index in [9.17, 15) is 9.59 Å². The molecule has 0 spiro atoms. The molecule has 25 heavy (non-hydrogen) atoms. The van der Waals surface area contributed by atoms with Crippen molar-refractivity contribution in [2.45, 2.75) is 51.0 Å². The number of ether oxygens (including phenoxy) is 1. The highest BCUT2D eigenvalue weighted by atomic mass is 16.5. The van der Waals surface area contributed by atoms with Gasteiger partial charge in [-0.1, -0.05) is 19.3 Å². The van der Waals surface area contributed by atoms with Gasteiger partial charge in [0.05, 0.1) is 18.8 Å². The van der Waals surface area contributed by atoms with Gasteiger partial charge in [0, 0.05) is 11.6 Å². The van der Waals surface area contributed by atoms with Crippen molar-refractivity contribution in [3.63, 3.8) is 0 Å². The van der Waals surface area contributed by atoms with Crippen LogP contribution >= 0.6 is 0 Å². The summed E-state index contributed by atoms with van der Waals surface area (Å²) in [6.07, 6.45) is 7.19. The van der Waals surface area contributed by atoms with Crippen molar-refractivity contribution < 1.29 is 14.3 Å². The van der Waals surface area contributed by atoms with Gasteiger partial charge in [-0.05, 0) is 50.4 Å². The van der Waals surface area contributed by atoms with E-state index in [0.29, 0.717) is 17.1 Å². The van der Waals surface area contributed by atoms with E-state index >= 15 is 0 Å². The normalized spacial score (nSPS) is 20.9. The average molecular weight is 345 g/mol. The van der Waals surface area contributed by atoms with Crippen LogP contribution in [0.15, 0.2) is 18.2 Å². The summed E-state index contributed by atoms with van der Waals surface area (Å²) in [5, 5.41) is 9.09. The predicted octanol–water partition coefficient (Wildman–Crippen LogP) is 2.90. The Kier molecular flexibility index (Phi) is 5.91. The van der Waals surface area contributed by atoms with Crippen LogP contribution in [-0.4, -0.2) is 31.5 Å². The highest BCUT2D eigenvalue weighted by molar-refractivity contribution is 5.98. The van der Waals surface area contributed by atoms with E-state index in [0.717, 1.165) is 45.1 Å². The quantitative estimate of drug-likeness (QED) is 0.767. The summed E-state index contributed by atoms with van der Waals surface area (Å²) >= 11 is 0. The average Bonchev–Trinajstić information content (AvgIpc) is 3.17. The third kappa shape index (κ3) is 4.51. The van der Waals surface area contributed by atoms with Crippen molar-refractivity contribution in [2.75, 3.05) is 24.3 Å². The standard InChI is InChI=1S/C19H27N3O3/c1-25-17-10-9-14(21-19(24)15-8-5-11-20-15)12-16(17)22-18(23)13-6-3-2-4-7-13/h9-10,12-13,15,20H,2-8,11H2,1H3,(H,21,24)(H,22,23). The molecule has 3 rings (SSSR count). The van der Waals surface area contributed by atoms with Crippen molar-refractivity contribution in [3.05, 3.63) is 18.2 Å². The van der Waals surface area contributed by atoms with Gasteiger partial charge in [0.2, 0.25) is 11.8 Å². The van der Waals surface area contributed by atoms with Crippen LogP contribution in [0.2, 0.25) is 0 Å². The second-order valence-electron chi connectivity index (χ2n) is 6.88. The molecule has 1 saturated carbocycles. The Morgan fingerprint density at radius 2 is 1.84 bits per heavy atom. The van der Waals surface area contributed by atoms with Crippen molar-refractivity contribution >= 4 is 23.2 Å². The maximum absolute atomic E-state index is 12.5. The Morgan fingerprint density at radius 3 is 2.52 bits per heavy atom. The molecule has 1 aliphatic carbocycles. The molecule has 2 fully saturated rings. The van der Waals surface area contributed by atoms with Crippen molar-refractivity contribution in [3.8, 4) is 5.75 Å². The number of hydrogen-bond acceptors (Lipinski definition) is 4. The summed E-state index contributed by atoms with van der Waals surface area (Å²) in [6, 6.07) is 5.20. The van der Waals surface area contributed by atoms with Crippen LogP contribution in [0.4, 0.5) is 11.4 Å². The molecule has 1 aromatic carbocycles. The first-order chi connectivity index (χ1) is 12.2. The molecule has 1 aliphatic heterocycles. The fourth-order valence-corrected chi connectivity index (χ4v) is 3.62. The van der Waals surface area contributed by atoms with Crippen LogP contribution in [0.25, 0.3) is 0 Å². The lowest BCUT2D eigenvalue weighted by molar-refractivity contribution is -0.120. The minimum Gasteiger partial charge on any atom is -0.495 e. The van der Waals surface area contributed by atoms with E-state index in [1.807, 2.05) is 0 Å². The number of amides is 2. The van der Waals surface area contributed by atoms with E-state index in [1.165, 1.54) is 6.42 Å². The number of carbonyl (C=O) groups excluding carboxylic acids is 2. The van der Waals surface area contributed by atoms with E-state index in [4.69, 9.17) is 4.74 Å². The van der Waals surface area contributed by atoms with Gasteiger partial charge in [-0.3, -0.25) is 9.59 Å². The molecule has 3 N–H and O–H groups in total. The molecule has 0 aromatic heterocycles. The first-order valence-electron chi connectivity index (χ1n) is 9.20. The van der Waals surface area contributed by atoms with Gasteiger partial charge < -0.3 is 20.7 Å². The fourth-order valence-electron chi connectivity index (χ4n) is 3.62. The third-order valence-electron chi connectivity index (χ3n) is 5.08. The second-order valence-corrected chi connectivity index (χ2v) is 6.88. The third-order valence-corrected chi connectivity index (χ3v) is 5.08. The lowest BCUT2D eigenvalue weighted by atomic mass is 9.88. The summed E-state index contributed by atoms with van der Waals surface area (Å²) in [7, 11) is 1.58. The molecule has 136 valence electrons. The van der Waals surface area contributed by atoms with Gasteiger partial charge in [-0.25, -0.2) is 0 Å². The van der Waals surface area contributed by atoms with Crippen molar-refractivity contribution in [2.24, 2.45) is 5.92 Å². The Bertz CT molecular complexity index is 620. The molecule has 1 atom stereocenters. The summed E-state index contributed by atoms with van der Waals surface area (Å²) in [5.41, 5.74) is 1.27. The largest absolute Gasteiger partial charge is 0.495 e. The number of nitrogens with one attached hydrogen (secondary N) is 3. The number of hydrogen-bond donors (Lipinski definition) is 3. The number of benzene rings is 1. The minimum absolute atomic E-state index is 0.0350. The molecule has 2 amide bonds. The zero-order chi connectivity index (χ0) is 17.6. The van der Waals surface area contributed by atoms with E-state index in [2.05, 4.69) is 16.0 Å². The molecule has 2 aliphatic rings. The van der Waals surface area contributed by atoms with Gasteiger partial charge in [0.15, 0.2) is 0 Å². The maximum atomic E-state index is 12.5. The van der Waals surface area contributed by atoms with Crippen LogP contribution in [0.1, 0.15) is 44.9 Å². The number of rotatable bonds is 5. The Labute approximate surface area is 148 Å². The van der Waals surface area contributed by atoms with Gasteiger partial charge in [-0.2, -0.15) is 0 Å². The molecule has 0 radical (unpaired) electrons. The topological polar surface area (TPSA) is 79.5 Å². The molecule has 6 nitrogen and oxygen atoms in total. The molecule has 6 heteroatoms. The fraction of sp³-hybridized carbons (Fsp3) is 0.579. The zero-order valence-corrected chi connectivity index (χ0v) is 14.8. The van der Waals surface area contributed by atoms with Gasteiger partial charge in [-0.15, -0.1) is 0 Å². The summed E-state index contributed by atoms with van der Waals surface area (Å²) in [6.45, 7) is 0.878. The summed E-state index contributed by atoms with van der Waals surface area (Å²) in [4.78, 5) is 24.8. The SMILES string of the molecule is COc1ccc(NC(=O)C2CCCN2)cc1NC(=O)C1CCCCC1. The van der Waals surface area contributed by atoms with Gasteiger partial charge in [0.25, 0.3) is 0 Å². The molecule has 1 aromatic rings. The Hall–Kier alpha value is -2.08. The van der Waals surface area contributed by atoms with E-state index in [1.54, 1.807) is 25.3 Å². The lowest BCUT2D eigenvalue weighted by Gasteiger charge is -2.21. The predicted molar refractivity (Wildman–Crippen MR) is 97.9 cm³/mol. The monoisotopic (exact) mass is 345 g/mol. The zero-order valence-electron chi connectivity index (χ0n) is 14.8. The van der Waals surface area contributed by atoms with Gasteiger partial charge >= 0.3 is 0 Å². The second kappa shape index (κ2) is 8.34. The maximum Gasteiger partial charge on any atom is 0.241 e. The molecular formula is C19H27N3O3. The molecule has 0 bridgehead atoms.